The zero-order chi connectivity index (χ0) is 17.1. The van der Waals surface area contributed by atoms with Gasteiger partial charge in [-0.3, -0.25) is 9.59 Å². The van der Waals surface area contributed by atoms with Crippen LogP contribution in [-0.4, -0.2) is 53.5 Å². The van der Waals surface area contributed by atoms with Crippen LogP contribution >= 0.6 is 0 Å². The maximum absolute atomic E-state index is 13.2. The number of benzene rings is 1. The number of likely N-dealkylation sites (tertiary alicyclic amines) is 1. The lowest BCUT2D eigenvalue weighted by atomic mass is 9.99. The Morgan fingerprint density at radius 3 is 2.67 bits per heavy atom. The first-order valence-electron chi connectivity index (χ1n) is 8.57. The second-order valence-electron chi connectivity index (χ2n) is 6.65. The van der Waals surface area contributed by atoms with Crippen LogP contribution in [0.1, 0.15) is 30.4 Å². The van der Waals surface area contributed by atoms with E-state index in [1.54, 1.807) is 0 Å². The van der Waals surface area contributed by atoms with Gasteiger partial charge in [-0.25, -0.2) is 4.39 Å². The van der Waals surface area contributed by atoms with E-state index in [4.69, 9.17) is 5.73 Å². The molecular weight excluding hydrogens is 309 g/mol. The molecule has 2 heterocycles. The third-order valence-corrected chi connectivity index (χ3v) is 4.91. The van der Waals surface area contributed by atoms with E-state index < -0.39 is 12.2 Å². The first-order valence-corrected chi connectivity index (χ1v) is 8.57. The summed E-state index contributed by atoms with van der Waals surface area (Å²) in [7, 11) is 0. The third kappa shape index (κ3) is 3.75. The maximum Gasteiger partial charge on any atom is 0.239 e. The number of hydrogen-bond donors (Lipinski definition) is 1. The quantitative estimate of drug-likeness (QED) is 0.902. The molecule has 0 radical (unpaired) electrons. The summed E-state index contributed by atoms with van der Waals surface area (Å²) in [6.45, 7) is 1.87. The lowest BCUT2D eigenvalue weighted by Crippen LogP contribution is -2.44. The molecule has 5 nitrogen and oxygen atoms in total. The first kappa shape index (κ1) is 16.9. The van der Waals surface area contributed by atoms with Crippen molar-refractivity contribution in [3.8, 4) is 0 Å². The summed E-state index contributed by atoms with van der Waals surface area (Å²) < 4.78 is 13.2. The van der Waals surface area contributed by atoms with Crippen LogP contribution in [-0.2, 0) is 22.6 Å². The summed E-state index contributed by atoms with van der Waals surface area (Å²) in [5, 5.41) is 0. The van der Waals surface area contributed by atoms with Crippen molar-refractivity contribution in [3.63, 3.8) is 0 Å². The average Bonchev–Trinajstić information content (AvgIpc) is 3.04. The molecule has 0 spiro atoms. The van der Waals surface area contributed by atoms with Crippen molar-refractivity contribution in [3.05, 3.63) is 35.4 Å². The number of nitrogens with zero attached hydrogens (tertiary/aromatic N) is 2. The number of carbonyl (C=O) groups excluding carboxylic acids is 2. The van der Waals surface area contributed by atoms with Crippen LogP contribution in [0.2, 0.25) is 0 Å². The molecule has 2 amide bonds. The molecule has 130 valence electrons. The van der Waals surface area contributed by atoms with Gasteiger partial charge in [0, 0.05) is 26.1 Å². The van der Waals surface area contributed by atoms with Gasteiger partial charge >= 0.3 is 0 Å². The van der Waals surface area contributed by atoms with Gasteiger partial charge < -0.3 is 15.5 Å². The molecule has 24 heavy (non-hydrogen) atoms. The molecule has 2 aliphatic heterocycles. The number of amides is 2. The lowest BCUT2D eigenvalue weighted by Gasteiger charge is -2.29. The largest absolute Gasteiger partial charge is 0.338 e. The SMILES string of the molecule is N[C@@H](CCC(=O)N1CCc2ccccc2C1)C(=O)N1CCC(F)C1. The van der Waals surface area contributed by atoms with E-state index in [1.165, 1.54) is 16.0 Å². The van der Waals surface area contributed by atoms with E-state index in [9.17, 15) is 14.0 Å². The van der Waals surface area contributed by atoms with Gasteiger partial charge in [-0.15, -0.1) is 0 Å². The molecule has 1 unspecified atom stereocenters. The fraction of sp³-hybridized carbons (Fsp3) is 0.556. The van der Waals surface area contributed by atoms with E-state index in [-0.39, 0.29) is 24.8 Å². The van der Waals surface area contributed by atoms with Crippen molar-refractivity contribution in [2.45, 2.75) is 44.4 Å². The molecule has 1 aromatic carbocycles. The number of rotatable bonds is 4. The van der Waals surface area contributed by atoms with Crippen LogP contribution in [0, 0.1) is 0 Å². The van der Waals surface area contributed by atoms with Crippen LogP contribution in [0.5, 0.6) is 0 Å². The van der Waals surface area contributed by atoms with Crippen LogP contribution < -0.4 is 5.73 Å². The Bertz CT molecular complexity index is 622. The van der Waals surface area contributed by atoms with E-state index in [0.717, 1.165) is 6.42 Å². The highest BCUT2D eigenvalue weighted by Gasteiger charge is 2.29. The van der Waals surface area contributed by atoms with E-state index in [1.807, 2.05) is 23.1 Å². The number of carbonyl (C=O) groups is 2. The van der Waals surface area contributed by atoms with Gasteiger partial charge in [0.25, 0.3) is 0 Å². The summed E-state index contributed by atoms with van der Waals surface area (Å²) in [4.78, 5) is 27.8. The van der Waals surface area contributed by atoms with Crippen LogP contribution in [0.3, 0.4) is 0 Å². The average molecular weight is 333 g/mol. The minimum atomic E-state index is -0.948. The smallest absolute Gasteiger partial charge is 0.239 e. The monoisotopic (exact) mass is 333 g/mol. The summed E-state index contributed by atoms with van der Waals surface area (Å²) in [6, 6.07) is 7.41. The lowest BCUT2D eigenvalue weighted by molar-refractivity contribution is -0.133. The highest BCUT2D eigenvalue weighted by molar-refractivity contribution is 5.83. The second-order valence-corrected chi connectivity index (χ2v) is 6.65. The summed E-state index contributed by atoms with van der Waals surface area (Å²) in [5.41, 5.74) is 8.39. The number of halogens is 1. The van der Waals surface area contributed by atoms with Crippen molar-refractivity contribution in [2.24, 2.45) is 5.73 Å². The number of hydrogen-bond acceptors (Lipinski definition) is 3. The Morgan fingerprint density at radius 2 is 1.96 bits per heavy atom. The van der Waals surface area contributed by atoms with Crippen molar-refractivity contribution in [1.29, 1.82) is 0 Å². The molecule has 0 bridgehead atoms. The predicted octanol–water partition coefficient (Wildman–Crippen LogP) is 1.25. The zero-order valence-corrected chi connectivity index (χ0v) is 13.8. The minimum absolute atomic E-state index is 0.0255. The molecule has 2 aliphatic rings. The Morgan fingerprint density at radius 1 is 1.21 bits per heavy atom. The van der Waals surface area contributed by atoms with Crippen molar-refractivity contribution >= 4 is 11.8 Å². The van der Waals surface area contributed by atoms with Gasteiger partial charge in [0.1, 0.15) is 6.17 Å². The summed E-state index contributed by atoms with van der Waals surface area (Å²) in [5.74, 6) is -0.218. The van der Waals surface area contributed by atoms with Gasteiger partial charge in [0.15, 0.2) is 0 Å². The van der Waals surface area contributed by atoms with Gasteiger partial charge in [-0.2, -0.15) is 0 Å². The Balaban J connectivity index is 1.48. The van der Waals surface area contributed by atoms with E-state index >= 15 is 0 Å². The Labute approximate surface area is 141 Å². The van der Waals surface area contributed by atoms with Crippen LogP contribution in [0.4, 0.5) is 4.39 Å². The van der Waals surface area contributed by atoms with Gasteiger partial charge in [-0.05, 0) is 30.4 Å². The molecular formula is C18H24FN3O2. The minimum Gasteiger partial charge on any atom is -0.338 e. The van der Waals surface area contributed by atoms with Gasteiger partial charge in [0.2, 0.25) is 11.8 Å². The molecule has 0 saturated carbocycles. The second kappa shape index (κ2) is 7.30. The van der Waals surface area contributed by atoms with Crippen LogP contribution in [0.15, 0.2) is 24.3 Å². The third-order valence-electron chi connectivity index (χ3n) is 4.91. The number of fused-ring (bicyclic) bond motifs is 1. The molecule has 2 atom stereocenters. The predicted molar refractivity (Wildman–Crippen MR) is 88.9 cm³/mol. The number of nitrogens with two attached hydrogens (primary N) is 1. The van der Waals surface area contributed by atoms with Crippen molar-refractivity contribution < 1.29 is 14.0 Å². The summed E-state index contributed by atoms with van der Waals surface area (Å²) in [6.07, 6.45) is 0.852. The fourth-order valence-corrected chi connectivity index (χ4v) is 3.42. The van der Waals surface area contributed by atoms with Crippen molar-refractivity contribution in [2.75, 3.05) is 19.6 Å². The Kier molecular flexibility index (Phi) is 5.14. The molecule has 3 rings (SSSR count). The highest BCUT2D eigenvalue weighted by Crippen LogP contribution is 2.20. The molecule has 1 saturated heterocycles. The molecule has 0 aromatic heterocycles. The molecule has 1 aromatic rings. The van der Waals surface area contributed by atoms with E-state index in [0.29, 0.717) is 32.5 Å². The van der Waals surface area contributed by atoms with Crippen LogP contribution in [0.25, 0.3) is 0 Å². The standard InChI is InChI=1S/C18H24FN3O2/c19-15-8-10-22(12-15)18(24)16(20)5-6-17(23)21-9-7-13-3-1-2-4-14(13)11-21/h1-4,15-16H,5-12,20H2/t15?,16-/m0/s1. The number of alkyl halides is 1. The molecule has 2 N–H and O–H groups in total. The normalized spacial score (nSPS) is 21.5. The van der Waals surface area contributed by atoms with Crippen molar-refractivity contribution in [1.82, 2.24) is 9.80 Å². The molecule has 1 fully saturated rings. The fourth-order valence-electron chi connectivity index (χ4n) is 3.42. The maximum atomic E-state index is 13.2. The van der Waals surface area contributed by atoms with Gasteiger partial charge in [-0.1, -0.05) is 24.3 Å². The molecule has 6 heteroatoms. The van der Waals surface area contributed by atoms with Gasteiger partial charge in [0.05, 0.1) is 12.6 Å². The highest BCUT2D eigenvalue weighted by atomic mass is 19.1. The molecule has 0 aliphatic carbocycles. The first-order chi connectivity index (χ1) is 11.5. The zero-order valence-electron chi connectivity index (χ0n) is 13.8. The topological polar surface area (TPSA) is 66.6 Å². The van der Waals surface area contributed by atoms with E-state index in [2.05, 4.69) is 6.07 Å². The Hall–Kier alpha value is -1.95. The summed E-state index contributed by atoms with van der Waals surface area (Å²) >= 11 is 0.